The van der Waals surface area contributed by atoms with Gasteiger partial charge < -0.3 is 9.47 Å². The number of benzene rings is 11. The molecule has 4 bridgehead atoms. The summed E-state index contributed by atoms with van der Waals surface area (Å²) >= 11 is 0. The molecule has 0 saturated heterocycles. The van der Waals surface area contributed by atoms with E-state index < -0.39 is 0 Å². The van der Waals surface area contributed by atoms with Gasteiger partial charge in [0, 0.05) is 6.07 Å². The van der Waals surface area contributed by atoms with E-state index in [1.807, 2.05) is 44.2 Å². The third-order valence-electron chi connectivity index (χ3n) is 23.7. The van der Waals surface area contributed by atoms with Crippen molar-refractivity contribution in [3.63, 3.8) is 0 Å². The van der Waals surface area contributed by atoms with Gasteiger partial charge in [-0.3, -0.25) is 0 Å². The molecular weight excluding hydrogens is 1250 g/mol. The van der Waals surface area contributed by atoms with Gasteiger partial charge in [0.2, 0.25) is 0 Å². The average Bonchev–Trinajstić information content (AvgIpc) is 1.74. The maximum absolute atomic E-state index is 12.9. The van der Waals surface area contributed by atoms with E-state index in [-0.39, 0.29) is 11.2 Å². The van der Waals surface area contributed by atoms with Crippen LogP contribution in [0.4, 0.5) is 4.39 Å². The van der Waals surface area contributed by atoms with Crippen LogP contribution in [0, 0.1) is 98.7 Å². The first-order valence-electron chi connectivity index (χ1n) is 39.6. The van der Waals surface area contributed by atoms with Crippen molar-refractivity contribution in [2.24, 2.45) is 23.7 Å². The molecule has 0 radical (unpaired) electrons. The standard InChI is InChI=1S/C18H20.2C17H20.C15H20.C15H18.C9H11F.C9H12O2/c1-12-8-14-4-2-3-5-16(14)18(9-12)17-11-13-6-7-15(17)10-13;1-13-11-15-9-5-6-10-16(15)17(12-13)14-7-3-2-4-8-14;1-13-10-11-15-8-5-9-16(17(15)12-13)14-6-3-2-4-7-14;1-10-5-11(2)7-14(6-10)15-9-12-3-4-13(15)8-12;1-11-8-9-12-6-5-7-14(13(12)10-11)15(2,3)4;1-6-4-7(2)9(10)8(3)5-6;1-7-4-8(10-2)6-9(5-7)11-3/h2-5,8-9,13,15,17H,6-7,10-11H2,1H3;5-6,9-12,14H,2-4,7-8H2,1H3;5,8-12,14H,2-4,6-7H2,1H3;5-7,12-13,15H,3-4,8-9H2,1-2H3;5-10H,1-4H3;4-5H,1-3H3;4-6H,1-3H3. The normalized spacial score (nSPS) is 19.7. The van der Waals surface area contributed by atoms with Crippen LogP contribution in [0.1, 0.15) is 243 Å². The summed E-state index contributed by atoms with van der Waals surface area (Å²) in [5.74, 6) is 8.99. The Kier molecular flexibility index (Phi) is 26.0. The Hall–Kier alpha value is -8.01. The number of aryl methyl sites for hydroxylation is 10. The molecule has 0 aromatic heterocycles. The summed E-state index contributed by atoms with van der Waals surface area (Å²) in [7, 11) is 3.29. The van der Waals surface area contributed by atoms with Crippen LogP contribution in [-0.2, 0) is 5.41 Å². The van der Waals surface area contributed by atoms with Crippen LogP contribution in [0.25, 0.3) is 43.1 Å². The first-order valence-corrected chi connectivity index (χ1v) is 39.6. The fraction of sp³-hybridized carbons (Fsp3) is 0.420. The minimum Gasteiger partial charge on any atom is -0.497 e. The molecule has 3 heteroatoms. The van der Waals surface area contributed by atoms with E-state index in [1.165, 1.54) is 198 Å². The predicted molar refractivity (Wildman–Crippen MR) is 442 cm³/mol. The molecule has 6 aliphatic carbocycles. The van der Waals surface area contributed by atoms with E-state index in [0.717, 1.165) is 81.1 Å². The van der Waals surface area contributed by atoms with Crippen molar-refractivity contribution in [1.29, 1.82) is 0 Å². The molecule has 11 aromatic carbocycles. The molecule has 6 atom stereocenters. The second kappa shape index (κ2) is 35.2. The van der Waals surface area contributed by atoms with Gasteiger partial charge in [-0.25, -0.2) is 4.39 Å². The average molecular weight is 1370 g/mol. The Bertz CT molecular complexity index is 4560. The van der Waals surface area contributed by atoms with E-state index >= 15 is 0 Å². The number of ether oxygens (including phenoxy) is 2. The summed E-state index contributed by atoms with van der Waals surface area (Å²) in [6.45, 7) is 27.6. The highest BCUT2D eigenvalue weighted by Crippen LogP contribution is 2.55. The number of halogens is 1. The zero-order valence-corrected chi connectivity index (χ0v) is 65.5. The molecule has 0 heterocycles. The van der Waals surface area contributed by atoms with Gasteiger partial charge in [0.05, 0.1) is 14.2 Å². The van der Waals surface area contributed by atoms with Gasteiger partial charge in [0.25, 0.3) is 0 Å². The molecule has 0 aliphatic heterocycles. The SMILES string of the molecule is COc1cc(C)cc(OC)c1.Cc1cc(C)c(F)c(C)c1.Cc1cc(C)cc(C2CC3CCC2C3)c1.Cc1cc(C2CC3CCC2C3)c2ccccc2c1.Cc1cc(C2CCCCC2)c2ccccc2c1.Cc1ccc2cccc(C(C)(C)C)c2c1.Cc1ccc2cccc(C3CCCCC3)c2c1. The minimum atomic E-state index is -0.0781. The molecule has 0 amide bonds. The van der Waals surface area contributed by atoms with Gasteiger partial charge in [-0.1, -0.05) is 287 Å². The van der Waals surface area contributed by atoms with Crippen molar-refractivity contribution in [1.82, 2.24) is 0 Å². The third-order valence-corrected chi connectivity index (χ3v) is 23.7. The van der Waals surface area contributed by atoms with Crippen LogP contribution in [0.3, 0.4) is 0 Å². The van der Waals surface area contributed by atoms with Crippen LogP contribution >= 0.6 is 0 Å². The molecule has 2 nitrogen and oxygen atoms in total. The first-order chi connectivity index (χ1) is 49.6. The first kappa shape index (κ1) is 76.1. The summed E-state index contributed by atoms with van der Waals surface area (Å²) in [6.07, 6.45) is 25.9. The minimum absolute atomic E-state index is 0.0781. The number of rotatable bonds is 6. The second-order valence-corrected chi connectivity index (χ2v) is 33.3. The highest BCUT2D eigenvalue weighted by atomic mass is 19.1. The predicted octanol–water partition coefficient (Wildman–Crippen LogP) is 28.9. The van der Waals surface area contributed by atoms with Crippen LogP contribution in [0.5, 0.6) is 11.5 Å². The summed E-state index contributed by atoms with van der Waals surface area (Å²) in [5.41, 5.74) is 20.2. The lowest BCUT2D eigenvalue weighted by Gasteiger charge is -2.24. The molecule has 103 heavy (non-hydrogen) atoms. The van der Waals surface area contributed by atoms with Crippen LogP contribution in [0.15, 0.2) is 194 Å². The van der Waals surface area contributed by atoms with E-state index in [0.29, 0.717) is 0 Å². The summed E-state index contributed by atoms with van der Waals surface area (Å²) in [5, 5.41) is 11.4. The van der Waals surface area contributed by atoms with E-state index in [4.69, 9.17) is 9.47 Å². The zero-order chi connectivity index (χ0) is 72.9. The van der Waals surface area contributed by atoms with Crippen molar-refractivity contribution >= 4 is 43.1 Å². The van der Waals surface area contributed by atoms with E-state index in [2.05, 4.69) is 226 Å². The molecule has 0 N–H and O–H groups in total. The number of hydrogen-bond acceptors (Lipinski definition) is 2. The lowest BCUT2D eigenvalue weighted by molar-refractivity contribution is 0.394. The zero-order valence-electron chi connectivity index (χ0n) is 65.5. The van der Waals surface area contributed by atoms with Crippen LogP contribution < -0.4 is 9.47 Å². The largest absolute Gasteiger partial charge is 0.497 e. The van der Waals surface area contributed by atoms with Gasteiger partial charge in [0.1, 0.15) is 17.3 Å². The van der Waals surface area contributed by atoms with E-state index in [1.54, 1.807) is 50.3 Å². The maximum atomic E-state index is 12.9. The molecule has 6 fully saturated rings. The second-order valence-electron chi connectivity index (χ2n) is 33.3. The lowest BCUT2D eigenvalue weighted by atomic mass is 9.81. The number of fused-ring (bicyclic) bond motifs is 8. The van der Waals surface area contributed by atoms with Crippen LogP contribution in [-0.4, -0.2) is 14.2 Å². The fourth-order valence-corrected chi connectivity index (χ4v) is 18.9. The van der Waals surface area contributed by atoms with Crippen molar-refractivity contribution < 1.29 is 13.9 Å². The van der Waals surface area contributed by atoms with Gasteiger partial charge in [0.15, 0.2) is 0 Å². The quantitative estimate of drug-likeness (QED) is 0.165. The monoisotopic (exact) mass is 1370 g/mol. The van der Waals surface area contributed by atoms with Gasteiger partial charge in [-0.05, 0) is 286 Å². The van der Waals surface area contributed by atoms with Crippen molar-refractivity contribution in [2.45, 2.75) is 235 Å². The molecule has 11 aromatic rings. The molecule has 6 saturated carbocycles. The van der Waals surface area contributed by atoms with Crippen molar-refractivity contribution in [3.8, 4) is 11.5 Å². The van der Waals surface area contributed by atoms with Gasteiger partial charge >= 0.3 is 0 Å². The third kappa shape index (κ3) is 19.9. The van der Waals surface area contributed by atoms with Gasteiger partial charge in [-0.2, -0.15) is 0 Å². The summed E-state index contributed by atoms with van der Waals surface area (Å²) < 4.78 is 23.0. The topological polar surface area (TPSA) is 18.5 Å². The number of methoxy groups -OCH3 is 2. The maximum Gasteiger partial charge on any atom is 0.129 e. The lowest BCUT2D eigenvalue weighted by Crippen LogP contribution is -2.11. The summed E-state index contributed by atoms with van der Waals surface area (Å²) in [6, 6.07) is 70.8. The molecule has 540 valence electrons. The smallest absolute Gasteiger partial charge is 0.129 e. The Labute approximate surface area is 620 Å². The molecule has 17 rings (SSSR count). The number of hydrogen-bond donors (Lipinski definition) is 0. The Balaban J connectivity index is 0.000000122. The van der Waals surface area contributed by atoms with Crippen LogP contribution in [0.2, 0.25) is 0 Å². The van der Waals surface area contributed by atoms with Crippen molar-refractivity contribution in [2.75, 3.05) is 14.2 Å². The van der Waals surface area contributed by atoms with Gasteiger partial charge in [-0.15, -0.1) is 0 Å². The van der Waals surface area contributed by atoms with Crippen molar-refractivity contribution in [3.05, 3.63) is 283 Å². The molecule has 6 aliphatic rings. The highest BCUT2D eigenvalue weighted by molar-refractivity contribution is 5.89. The Morgan fingerprint density at radius 2 is 0.757 bits per heavy atom. The Morgan fingerprint density at radius 3 is 1.26 bits per heavy atom. The summed E-state index contributed by atoms with van der Waals surface area (Å²) in [4.78, 5) is 0. The molecule has 6 unspecified atom stereocenters. The molecular formula is C100H121FO2. The van der Waals surface area contributed by atoms with E-state index in [9.17, 15) is 4.39 Å². The Morgan fingerprint density at radius 1 is 0.320 bits per heavy atom. The highest BCUT2D eigenvalue weighted by Gasteiger charge is 2.41. The molecule has 0 spiro atoms. The fourth-order valence-electron chi connectivity index (χ4n) is 18.9.